The van der Waals surface area contributed by atoms with Crippen molar-refractivity contribution >= 4 is 41.2 Å². The van der Waals surface area contributed by atoms with Crippen LogP contribution >= 0.6 is 23.2 Å². The van der Waals surface area contributed by atoms with E-state index in [-0.39, 0.29) is 18.8 Å². The molecule has 0 spiro atoms. The fourth-order valence-electron chi connectivity index (χ4n) is 3.69. The number of urea groups is 1. The molecule has 0 aromatic heterocycles. The molecule has 1 N–H and O–H groups in total. The summed E-state index contributed by atoms with van der Waals surface area (Å²) in [6.07, 6.45) is 1.58. The number of ether oxygens (including phenoxy) is 2. The zero-order valence-electron chi connectivity index (χ0n) is 19.3. The van der Waals surface area contributed by atoms with Gasteiger partial charge in [-0.25, -0.2) is 4.79 Å². The van der Waals surface area contributed by atoms with Gasteiger partial charge < -0.3 is 14.8 Å². The van der Waals surface area contributed by atoms with E-state index in [1.165, 1.54) is 4.90 Å². The van der Waals surface area contributed by atoms with Crippen LogP contribution in [0.4, 0.5) is 4.79 Å². The number of amides is 3. The van der Waals surface area contributed by atoms with Gasteiger partial charge in [-0.2, -0.15) is 0 Å². The number of carbonyl (C=O) groups is 2. The fourth-order valence-corrected chi connectivity index (χ4v) is 4.09. The number of nitrogens with one attached hydrogen (secondary N) is 1. The lowest BCUT2D eigenvalue weighted by atomic mass is 10.1. The lowest BCUT2D eigenvalue weighted by Gasteiger charge is -2.15. The predicted octanol–water partition coefficient (Wildman–Crippen LogP) is 6.37. The van der Waals surface area contributed by atoms with E-state index in [1.54, 1.807) is 30.3 Å². The van der Waals surface area contributed by atoms with Crippen LogP contribution in [-0.2, 0) is 17.9 Å². The first-order chi connectivity index (χ1) is 16.8. The summed E-state index contributed by atoms with van der Waals surface area (Å²) in [6, 6.07) is 17.9. The van der Waals surface area contributed by atoms with Gasteiger partial charge in [0, 0.05) is 5.02 Å². The molecular formula is C27H24Cl2N2O4. The van der Waals surface area contributed by atoms with Crippen LogP contribution in [0.25, 0.3) is 6.08 Å². The van der Waals surface area contributed by atoms with Crippen molar-refractivity contribution in [1.82, 2.24) is 10.2 Å². The smallest absolute Gasteiger partial charge is 0.329 e. The summed E-state index contributed by atoms with van der Waals surface area (Å²) in [5, 5.41) is 3.61. The number of nitrogens with zero attached hydrogens (tertiary/aromatic N) is 1. The zero-order valence-corrected chi connectivity index (χ0v) is 20.8. The maximum absolute atomic E-state index is 12.9. The third-order valence-corrected chi connectivity index (χ3v) is 5.86. The summed E-state index contributed by atoms with van der Waals surface area (Å²) in [7, 11) is 0. The molecule has 1 aliphatic heterocycles. The van der Waals surface area contributed by atoms with Crippen molar-refractivity contribution < 1.29 is 19.1 Å². The minimum atomic E-state index is -0.471. The molecule has 1 fully saturated rings. The first-order valence-corrected chi connectivity index (χ1v) is 11.8. The number of imide groups is 1. The highest BCUT2D eigenvalue weighted by Crippen LogP contribution is 2.38. The van der Waals surface area contributed by atoms with Crippen LogP contribution in [0.2, 0.25) is 10.0 Å². The summed E-state index contributed by atoms with van der Waals surface area (Å²) < 4.78 is 11.7. The van der Waals surface area contributed by atoms with Crippen molar-refractivity contribution in [2.45, 2.75) is 27.0 Å². The van der Waals surface area contributed by atoms with Crippen molar-refractivity contribution in [3.63, 3.8) is 0 Å². The van der Waals surface area contributed by atoms with E-state index in [0.717, 1.165) is 16.7 Å². The molecule has 35 heavy (non-hydrogen) atoms. The van der Waals surface area contributed by atoms with Gasteiger partial charge in [-0.05, 0) is 60.9 Å². The molecule has 180 valence electrons. The van der Waals surface area contributed by atoms with E-state index in [2.05, 4.69) is 5.32 Å². The largest absolute Gasteiger partial charge is 0.490 e. The SMILES string of the molecule is CCOc1cc(/C=C2/NC(=O)N(Cc3cccc(C)c3)C2=O)cc(Cl)c1OCc1ccc(Cl)cc1. The Morgan fingerprint density at radius 2 is 1.74 bits per heavy atom. The molecule has 1 aliphatic rings. The van der Waals surface area contributed by atoms with Gasteiger partial charge in [0.25, 0.3) is 5.91 Å². The van der Waals surface area contributed by atoms with E-state index >= 15 is 0 Å². The van der Waals surface area contributed by atoms with Crippen LogP contribution in [0.3, 0.4) is 0 Å². The standard InChI is InChI=1S/C27H24Cl2N2O4/c1-3-34-24-14-20(12-22(29)25(24)35-16-18-7-9-21(28)10-8-18)13-23-26(32)31(27(33)30-23)15-19-6-4-5-17(2)11-19/h4-14H,3,15-16H2,1-2H3,(H,30,33)/b23-13+. The van der Waals surface area contributed by atoms with Gasteiger partial charge in [-0.15, -0.1) is 0 Å². The first-order valence-electron chi connectivity index (χ1n) is 11.1. The fraction of sp³-hybridized carbons (Fsp3) is 0.185. The summed E-state index contributed by atoms with van der Waals surface area (Å²) in [5.41, 5.74) is 3.61. The molecule has 8 heteroatoms. The maximum atomic E-state index is 12.9. The molecule has 0 aliphatic carbocycles. The highest BCUT2D eigenvalue weighted by atomic mass is 35.5. The van der Waals surface area contributed by atoms with E-state index in [1.807, 2.05) is 50.2 Å². The van der Waals surface area contributed by atoms with Crippen LogP contribution in [0.1, 0.15) is 29.2 Å². The Bertz CT molecular complexity index is 1290. The van der Waals surface area contributed by atoms with Gasteiger partial charge in [-0.1, -0.05) is 65.2 Å². The van der Waals surface area contributed by atoms with E-state index in [0.29, 0.717) is 33.7 Å². The van der Waals surface area contributed by atoms with Crippen LogP contribution in [0.15, 0.2) is 66.4 Å². The molecule has 4 rings (SSSR count). The molecule has 6 nitrogen and oxygen atoms in total. The van der Waals surface area contributed by atoms with E-state index < -0.39 is 11.9 Å². The van der Waals surface area contributed by atoms with E-state index in [9.17, 15) is 9.59 Å². The van der Waals surface area contributed by atoms with E-state index in [4.69, 9.17) is 32.7 Å². The van der Waals surface area contributed by atoms with Gasteiger partial charge in [0.15, 0.2) is 11.5 Å². The van der Waals surface area contributed by atoms with Crippen molar-refractivity contribution in [1.29, 1.82) is 0 Å². The molecule has 3 aromatic carbocycles. The Kier molecular flexibility index (Phi) is 7.63. The lowest BCUT2D eigenvalue weighted by molar-refractivity contribution is -0.123. The third kappa shape index (κ3) is 5.96. The zero-order chi connectivity index (χ0) is 24.9. The molecule has 0 unspecified atom stereocenters. The van der Waals surface area contributed by atoms with Gasteiger partial charge in [0.1, 0.15) is 12.3 Å². The molecule has 1 saturated heterocycles. The van der Waals surface area contributed by atoms with Crippen LogP contribution in [0.5, 0.6) is 11.5 Å². The number of hydrogen-bond acceptors (Lipinski definition) is 4. The molecule has 3 amide bonds. The highest BCUT2D eigenvalue weighted by molar-refractivity contribution is 6.32. The van der Waals surface area contributed by atoms with Gasteiger partial charge in [0.05, 0.1) is 18.2 Å². The molecule has 0 atom stereocenters. The highest BCUT2D eigenvalue weighted by Gasteiger charge is 2.33. The van der Waals surface area contributed by atoms with Crippen molar-refractivity contribution in [2.75, 3.05) is 6.61 Å². The molecule has 0 radical (unpaired) electrons. The minimum Gasteiger partial charge on any atom is -0.490 e. The number of hydrogen-bond donors (Lipinski definition) is 1. The van der Waals surface area contributed by atoms with Crippen LogP contribution in [0, 0.1) is 6.92 Å². The Morgan fingerprint density at radius 1 is 0.971 bits per heavy atom. The number of aryl methyl sites for hydroxylation is 1. The van der Waals surface area contributed by atoms with Crippen molar-refractivity contribution in [3.05, 3.63) is 98.7 Å². The number of carbonyl (C=O) groups excluding carboxylic acids is 2. The van der Waals surface area contributed by atoms with Gasteiger partial charge in [0.2, 0.25) is 0 Å². The monoisotopic (exact) mass is 510 g/mol. The minimum absolute atomic E-state index is 0.163. The summed E-state index contributed by atoms with van der Waals surface area (Å²) in [4.78, 5) is 26.6. The molecular weight excluding hydrogens is 487 g/mol. The Balaban J connectivity index is 1.55. The van der Waals surface area contributed by atoms with Gasteiger partial charge in [-0.3, -0.25) is 9.69 Å². The second kappa shape index (κ2) is 10.8. The lowest BCUT2D eigenvalue weighted by Crippen LogP contribution is -2.30. The summed E-state index contributed by atoms with van der Waals surface area (Å²) >= 11 is 12.5. The number of rotatable bonds is 8. The summed E-state index contributed by atoms with van der Waals surface area (Å²) in [6.45, 7) is 4.68. The van der Waals surface area contributed by atoms with Crippen LogP contribution in [-0.4, -0.2) is 23.4 Å². The van der Waals surface area contributed by atoms with Crippen molar-refractivity contribution in [2.24, 2.45) is 0 Å². The average Bonchev–Trinajstić information content (AvgIpc) is 3.07. The average molecular weight is 511 g/mol. The normalized spacial score (nSPS) is 14.4. The van der Waals surface area contributed by atoms with Crippen molar-refractivity contribution in [3.8, 4) is 11.5 Å². The Morgan fingerprint density at radius 3 is 2.46 bits per heavy atom. The Hall–Kier alpha value is -3.48. The topological polar surface area (TPSA) is 67.9 Å². The second-order valence-electron chi connectivity index (χ2n) is 8.05. The number of halogens is 2. The number of benzene rings is 3. The molecule has 0 bridgehead atoms. The summed E-state index contributed by atoms with van der Waals surface area (Å²) in [5.74, 6) is 0.427. The first kappa shape index (κ1) is 24.6. The third-order valence-electron chi connectivity index (χ3n) is 5.32. The second-order valence-corrected chi connectivity index (χ2v) is 8.89. The molecule has 0 saturated carbocycles. The Labute approximate surface area is 214 Å². The quantitative estimate of drug-likeness (QED) is 0.282. The molecule has 3 aromatic rings. The predicted molar refractivity (Wildman–Crippen MR) is 137 cm³/mol. The molecule has 1 heterocycles. The van der Waals surface area contributed by atoms with Gasteiger partial charge >= 0.3 is 6.03 Å². The van der Waals surface area contributed by atoms with Crippen LogP contribution < -0.4 is 14.8 Å². The maximum Gasteiger partial charge on any atom is 0.329 e.